The van der Waals surface area contributed by atoms with Crippen molar-refractivity contribution in [2.75, 3.05) is 26.2 Å². The molecule has 0 aliphatic carbocycles. The van der Waals surface area contributed by atoms with Gasteiger partial charge in [-0.05, 0) is 44.5 Å². The fourth-order valence-electron chi connectivity index (χ4n) is 2.41. The summed E-state index contributed by atoms with van der Waals surface area (Å²) in [7, 11) is 0. The van der Waals surface area contributed by atoms with Crippen molar-refractivity contribution in [2.45, 2.75) is 39.3 Å². The Morgan fingerprint density at radius 2 is 2.05 bits per heavy atom. The summed E-state index contributed by atoms with van der Waals surface area (Å²) in [5.41, 5.74) is 0.986. The fourth-order valence-corrected chi connectivity index (χ4v) is 2.41. The number of nitrogens with one attached hydrogen (secondary N) is 1. The van der Waals surface area contributed by atoms with Crippen LogP contribution < -0.4 is 5.32 Å². The van der Waals surface area contributed by atoms with Gasteiger partial charge in [0, 0.05) is 25.2 Å². The van der Waals surface area contributed by atoms with Crippen LogP contribution in [0, 0.1) is 5.82 Å². The highest BCUT2D eigenvalue weighted by atomic mass is 19.1. The highest BCUT2D eigenvalue weighted by Gasteiger charge is 2.15. The molecule has 1 rings (SSSR count). The first kappa shape index (κ1) is 17.1. The van der Waals surface area contributed by atoms with E-state index in [1.54, 1.807) is 12.1 Å². The maximum atomic E-state index is 13.3. The molecular formula is C16H27FN2O. The van der Waals surface area contributed by atoms with E-state index < -0.39 is 0 Å². The molecular weight excluding hydrogens is 255 g/mol. The molecule has 4 heteroatoms. The number of benzene rings is 1. The zero-order valence-electron chi connectivity index (χ0n) is 12.8. The van der Waals surface area contributed by atoms with Gasteiger partial charge in [-0.3, -0.25) is 4.90 Å². The fraction of sp³-hybridized carbons (Fsp3) is 0.625. The maximum absolute atomic E-state index is 13.3. The van der Waals surface area contributed by atoms with E-state index in [2.05, 4.69) is 31.0 Å². The van der Waals surface area contributed by atoms with E-state index in [0.717, 1.165) is 25.1 Å². The normalized spacial score (nSPS) is 13.2. The van der Waals surface area contributed by atoms with Gasteiger partial charge in [0.2, 0.25) is 0 Å². The summed E-state index contributed by atoms with van der Waals surface area (Å²) in [4.78, 5) is 2.24. The van der Waals surface area contributed by atoms with Gasteiger partial charge in [0.15, 0.2) is 0 Å². The summed E-state index contributed by atoms with van der Waals surface area (Å²) >= 11 is 0. The Kier molecular flexibility index (Phi) is 7.73. The second kappa shape index (κ2) is 9.06. The summed E-state index contributed by atoms with van der Waals surface area (Å²) in [6, 6.07) is 7.33. The predicted molar refractivity (Wildman–Crippen MR) is 81.2 cm³/mol. The smallest absolute Gasteiger partial charge is 0.123 e. The van der Waals surface area contributed by atoms with E-state index in [9.17, 15) is 4.39 Å². The minimum absolute atomic E-state index is 0.149. The van der Waals surface area contributed by atoms with E-state index in [4.69, 9.17) is 5.11 Å². The number of hydrogen-bond acceptors (Lipinski definition) is 3. The Morgan fingerprint density at radius 1 is 1.30 bits per heavy atom. The third-order valence-electron chi connectivity index (χ3n) is 3.52. The molecule has 0 heterocycles. The van der Waals surface area contributed by atoms with Gasteiger partial charge >= 0.3 is 0 Å². The third kappa shape index (κ3) is 5.57. The lowest BCUT2D eigenvalue weighted by Gasteiger charge is -2.28. The first-order chi connectivity index (χ1) is 9.58. The molecule has 20 heavy (non-hydrogen) atoms. The van der Waals surface area contributed by atoms with Gasteiger partial charge in [-0.25, -0.2) is 4.39 Å². The minimum Gasteiger partial charge on any atom is -0.395 e. The number of halogens is 1. The Morgan fingerprint density at radius 3 is 2.60 bits per heavy atom. The topological polar surface area (TPSA) is 35.5 Å². The van der Waals surface area contributed by atoms with Crippen LogP contribution in [-0.4, -0.2) is 42.3 Å². The zero-order chi connectivity index (χ0) is 15.0. The second-order valence-corrected chi connectivity index (χ2v) is 5.31. The molecule has 2 N–H and O–H groups in total. The molecule has 0 saturated heterocycles. The summed E-state index contributed by atoms with van der Waals surface area (Å²) < 4.78 is 13.3. The van der Waals surface area contributed by atoms with Crippen molar-refractivity contribution in [1.29, 1.82) is 0 Å². The van der Waals surface area contributed by atoms with Crippen LogP contribution in [0.5, 0.6) is 0 Å². The van der Waals surface area contributed by atoms with Crippen molar-refractivity contribution < 1.29 is 9.50 Å². The van der Waals surface area contributed by atoms with E-state index in [1.165, 1.54) is 6.07 Å². The number of rotatable bonds is 9. The standard InChI is InChI=1S/C16H27FN2O/c1-4-18-16(14-6-5-7-15(17)12-14)8-9-19(10-11-20)13(2)3/h5-7,12-13,16,18,20H,4,8-11H2,1-3H3. The Labute approximate surface area is 121 Å². The molecule has 0 aromatic heterocycles. The maximum Gasteiger partial charge on any atom is 0.123 e. The second-order valence-electron chi connectivity index (χ2n) is 5.31. The van der Waals surface area contributed by atoms with Crippen molar-refractivity contribution in [3.63, 3.8) is 0 Å². The largest absolute Gasteiger partial charge is 0.395 e. The van der Waals surface area contributed by atoms with Crippen LogP contribution in [0.15, 0.2) is 24.3 Å². The number of aliphatic hydroxyl groups is 1. The molecule has 1 aromatic rings. The summed E-state index contributed by atoms with van der Waals surface area (Å²) in [5, 5.41) is 12.5. The third-order valence-corrected chi connectivity index (χ3v) is 3.52. The van der Waals surface area contributed by atoms with Crippen LogP contribution in [-0.2, 0) is 0 Å². The van der Waals surface area contributed by atoms with E-state index in [0.29, 0.717) is 12.6 Å². The highest BCUT2D eigenvalue weighted by Crippen LogP contribution is 2.18. The Hall–Kier alpha value is -0.970. The molecule has 0 saturated carbocycles. The molecule has 0 spiro atoms. The molecule has 1 unspecified atom stereocenters. The van der Waals surface area contributed by atoms with Crippen LogP contribution in [0.25, 0.3) is 0 Å². The van der Waals surface area contributed by atoms with Gasteiger partial charge in [-0.2, -0.15) is 0 Å². The van der Waals surface area contributed by atoms with E-state index in [1.807, 2.05) is 6.07 Å². The van der Waals surface area contributed by atoms with Crippen molar-refractivity contribution in [3.8, 4) is 0 Å². The van der Waals surface area contributed by atoms with E-state index >= 15 is 0 Å². The predicted octanol–water partition coefficient (Wildman–Crippen LogP) is 2.57. The first-order valence-corrected chi connectivity index (χ1v) is 7.42. The molecule has 3 nitrogen and oxygen atoms in total. The van der Waals surface area contributed by atoms with Gasteiger partial charge in [0.1, 0.15) is 5.82 Å². The van der Waals surface area contributed by atoms with Crippen LogP contribution in [0.4, 0.5) is 4.39 Å². The average molecular weight is 282 g/mol. The number of hydrogen-bond donors (Lipinski definition) is 2. The Bertz CT molecular complexity index is 384. The molecule has 0 aliphatic heterocycles. The number of aliphatic hydroxyl groups excluding tert-OH is 1. The Balaban J connectivity index is 2.67. The molecule has 0 fully saturated rings. The molecule has 1 aromatic carbocycles. The highest BCUT2D eigenvalue weighted by molar-refractivity contribution is 5.20. The van der Waals surface area contributed by atoms with Gasteiger partial charge < -0.3 is 10.4 Å². The lowest BCUT2D eigenvalue weighted by Crippen LogP contribution is -2.36. The van der Waals surface area contributed by atoms with E-state index in [-0.39, 0.29) is 18.5 Å². The SMILES string of the molecule is CCNC(CCN(CCO)C(C)C)c1cccc(F)c1. The van der Waals surface area contributed by atoms with Crippen molar-refractivity contribution in [2.24, 2.45) is 0 Å². The van der Waals surface area contributed by atoms with Gasteiger partial charge in [0.25, 0.3) is 0 Å². The average Bonchev–Trinajstić information content (AvgIpc) is 2.41. The summed E-state index contributed by atoms with van der Waals surface area (Å²) in [6.07, 6.45) is 0.898. The first-order valence-electron chi connectivity index (χ1n) is 7.42. The molecule has 0 aliphatic rings. The van der Waals surface area contributed by atoms with Crippen LogP contribution in [0.1, 0.15) is 38.8 Å². The van der Waals surface area contributed by atoms with Crippen LogP contribution in [0.3, 0.4) is 0 Å². The summed E-state index contributed by atoms with van der Waals surface area (Å²) in [5.74, 6) is -0.193. The van der Waals surface area contributed by atoms with Gasteiger partial charge in [-0.15, -0.1) is 0 Å². The van der Waals surface area contributed by atoms with Crippen molar-refractivity contribution >= 4 is 0 Å². The lowest BCUT2D eigenvalue weighted by atomic mass is 10.0. The number of nitrogens with zero attached hydrogens (tertiary/aromatic N) is 1. The molecule has 0 radical (unpaired) electrons. The summed E-state index contributed by atoms with van der Waals surface area (Å²) in [6.45, 7) is 8.89. The minimum atomic E-state index is -0.193. The van der Waals surface area contributed by atoms with Crippen LogP contribution in [0.2, 0.25) is 0 Å². The molecule has 1 atom stereocenters. The zero-order valence-corrected chi connectivity index (χ0v) is 12.8. The molecule has 0 bridgehead atoms. The quantitative estimate of drug-likeness (QED) is 0.731. The van der Waals surface area contributed by atoms with Crippen molar-refractivity contribution in [3.05, 3.63) is 35.6 Å². The monoisotopic (exact) mass is 282 g/mol. The molecule has 114 valence electrons. The van der Waals surface area contributed by atoms with Crippen molar-refractivity contribution in [1.82, 2.24) is 10.2 Å². The van der Waals surface area contributed by atoms with Gasteiger partial charge in [0.05, 0.1) is 6.61 Å². The van der Waals surface area contributed by atoms with Gasteiger partial charge in [-0.1, -0.05) is 19.1 Å². The molecule has 0 amide bonds. The van der Waals surface area contributed by atoms with Crippen LogP contribution >= 0.6 is 0 Å². The lowest BCUT2D eigenvalue weighted by molar-refractivity contribution is 0.159.